The third kappa shape index (κ3) is 6.14. The number of ether oxygens (including phenoxy) is 1. The van der Waals surface area contributed by atoms with E-state index < -0.39 is 0 Å². The summed E-state index contributed by atoms with van der Waals surface area (Å²) in [5, 5.41) is 0. The van der Waals surface area contributed by atoms with Crippen molar-refractivity contribution in [1.29, 1.82) is 0 Å². The standard InChI is InChI=1S/C31H43N7O2/c1-5-28(39)36-15-17-37(18-16-36)30-25-11-14-38(29-24(3)10-9-23(2)26(29)21-32-4)22-27(25)33-31(34-30)40-20-19-35-12-7-6-8-13-35/h5,9-10,21H,1,6-8,11-20,22H2,2-4H3. The number of aliphatic imine (C=N–C) groups is 1. The van der Waals surface area contributed by atoms with Gasteiger partial charge in [0.15, 0.2) is 0 Å². The number of aromatic nitrogens is 2. The number of likely N-dealkylation sites (tertiary alicyclic amines) is 1. The zero-order chi connectivity index (χ0) is 28.1. The molecule has 0 radical (unpaired) electrons. The summed E-state index contributed by atoms with van der Waals surface area (Å²) in [6, 6.07) is 4.81. The third-order valence-electron chi connectivity index (χ3n) is 8.39. The fourth-order valence-corrected chi connectivity index (χ4v) is 6.15. The molecule has 0 N–H and O–H groups in total. The second kappa shape index (κ2) is 12.8. The van der Waals surface area contributed by atoms with Gasteiger partial charge in [0.1, 0.15) is 12.4 Å². The average Bonchev–Trinajstić information content (AvgIpc) is 2.99. The molecule has 0 aliphatic carbocycles. The fraction of sp³-hybridized carbons (Fsp3) is 0.548. The quantitative estimate of drug-likeness (QED) is 0.372. The van der Waals surface area contributed by atoms with Gasteiger partial charge in [-0.3, -0.25) is 14.7 Å². The normalized spacial score (nSPS) is 18.2. The van der Waals surface area contributed by atoms with Crippen LogP contribution in [-0.4, -0.2) is 97.9 Å². The molecular weight excluding hydrogens is 502 g/mol. The second-order valence-electron chi connectivity index (χ2n) is 11.0. The number of nitrogens with zero attached hydrogens (tertiary/aromatic N) is 7. The molecule has 40 heavy (non-hydrogen) atoms. The van der Waals surface area contributed by atoms with Gasteiger partial charge in [-0.2, -0.15) is 9.97 Å². The predicted octanol–water partition coefficient (Wildman–Crippen LogP) is 3.40. The SMILES string of the molecule is C=CC(=O)N1CCN(c2nc(OCCN3CCCCC3)nc3c2CCN(c2c(C)ccc(C)c2C=NC)C3)CC1. The number of anilines is 2. The molecule has 4 heterocycles. The summed E-state index contributed by atoms with van der Waals surface area (Å²) in [4.78, 5) is 35.5. The van der Waals surface area contributed by atoms with E-state index in [9.17, 15) is 4.79 Å². The van der Waals surface area contributed by atoms with Crippen molar-refractivity contribution in [3.05, 3.63) is 52.7 Å². The number of aryl methyl sites for hydroxylation is 2. The lowest BCUT2D eigenvalue weighted by Crippen LogP contribution is -2.49. The maximum absolute atomic E-state index is 12.2. The molecule has 2 fully saturated rings. The first-order valence-corrected chi connectivity index (χ1v) is 14.7. The predicted molar refractivity (Wildman–Crippen MR) is 161 cm³/mol. The van der Waals surface area contributed by atoms with E-state index in [1.54, 1.807) is 0 Å². The molecule has 3 aliphatic rings. The first-order valence-electron chi connectivity index (χ1n) is 14.7. The molecule has 1 aromatic heterocycles. The lowest BCUT2D eigenvalue weighted by atomic mass is 9.98. The Hall–Kier alpha value is -3.46. The number of piperazine rings is 1. The van der Waals surface area contributed by atoms with Crippen molar-refractivity contribution in [2.75, 3.05) is 75.8 Å². The molecule has 214 valence electrons. The van der Waals surface area contributed by atoms with Crippen molar-refractivity contribution >= 4 is 23.6 Å². The molecule has 0 spiro atoms. The molecule has 0 bridgehead atoms. The summed E-state index contributed by atoms with van der Waals surface area (Å²) in [7, 11) is 1.83. The van der Waals surface area contributed by atoms with Gasteiger partial charge < -0.3 is 19.4 Å². The van der Waals surface area contributed by atoms with Crippen LogP contribution in [0.2, 0.25) is 0 Å². The summed E-state index contributed by atoms with van der Waals surface area (Å²) < 4.78 is 6.22. The Morgan fingerprint density at radius 1 is 1.00 bits per heavy atom. The van der Waals surface area contributed by atoms with Gasteiger partial charge >= 0.3 is 6.01 Å². The molecule has 0 atom stereocenters. The highest BCUT2D eigenvalue weighted by Gasteiger charge is 2.29. The van der Waals surface area contributed by atoms with Crippen molar-refractivity contribution in [1.82, 2.24) is 19.8 Å². The Labute approximate surface area is 238 Å². The van der Waals surface area contributed by atoms with E-state index in [1.807, 2.05) is 18.2 Å². The topological polar surface area (TPSA) is 77.4 Å². The van der Waals surface area contributed by atoms with Crippen LogP contribution in [0.4, 0.5) is 11.5 Å². The van der Waals surface area contributed by atoms with Crippen LogP contribution >= 0.6 is 0 Å². The van der Waals surface area contributed by atoms with Gasteiger partial charge in [-0.25, -0.2) is 0 Å². The summed E-state index contributed by atoms with van der Waals surface area (Å²) in [6.07, 6.45) is 8.06. The molecule has 0 unspecified atom stereocenters. The number of hydrogen-bond acceptors (Lipinski definition) is 8. The molecule has 9 nitrogen and oxygen atoms in total. The average molecular weight is 546 g/mol. The highest BCUT2D eigenvalue weighted by molar-refractivity contribution is 5.91. The number of benzene rings is 1. The second-order valence-corrected chi connectivity index (χ2v) is 11.0. The Kier molecular flexibility index (Phi) is 8.99. The van der Waals surface area contributed by atoms with Crippen LogP contribution in [0, 0.1) is 13.8 Å². The van der Waals surface area contributed by atoms with Crippen LogP contribution < -0.4 is 14.5 Å². The first-order chi connectivity index (χ1) is 19.5. The largest absolute Gasteiger partial charge is 0.462 e. The van der Waals surface area contributed by atoms with Gasteiger partial charge in [0.25, 0.3) is 0 Å². The van der Waals surface area contributed by atoms with E-state index in [-0.39, 0.29) is 5.91 Å². The van der Waals surface area contributed by atoms with Crippen LogP contribution in [0.25, 0.3) is 0 Å². The summed E-state index contributed by atoms with van der Waals surface area (Å²) in [6.45, 7) is 16.1. The van der Waals surface area contributed by atoms with E-state index in [4.69, 9.17) is 14.7 Å². The zero-order valence-corrected chi connectivity index (χ0v) is 24.4. The van der Waals surface area contributed by atoms with E-state index in [0.29, 0.717) is 32.3 Å². The minimum atomic E-state index is -0.0123. The number of carbonyl (C=O) groups is 1. The smallest absolute Gasteiger partial charge is 0.318 e. The zero-order valence-electron chi connectivity index (χ0n) is 24.4. The highest BCUT2D eigenvalue weighted by atomic mass is 16.5. The maximum atomic E-state index is 12.2. The number of amides is 1. The molecule has 9 heteroatoms. The molecule has 0 saturated carbocycles. The summed E-state index contributed by atoms with van der Waals surface area (Å²) in [5.74, 6) is 0.946. The van der Waals surface area contributed by atoms with Crippen LogP contribution in [0.3, 0.4) is 0 Å². The van der Waals surface area contributed by atoms with Crippen LogP contribution in [-0.2, 0) is 17.8 Å². The number of piperidine rings is 1. The molecule has 2 aromatic rings. The van der Waals surface area contributed by atoms with Gasteiger partial charge in [-0.15, -0.1) is 0 Å². The summed E-state index contributed by atoms with van der Waals surface area (Å²) >= 11 is 0. The Morgan fingerprint density at radius 2 is 1.75 bits per heavy atom. The third-order valence-corrected chi connectivity index (χ3v) is 8.39. The molecule has 2 saturated heterocycles. The molecular formula is C31H43N7O2. The van der Waals surface area contributed by atoms with E-state index in [2.05, 4.69) is 52.3 Å². The van der Waals surface area contributed by atoms with E-state index in [1.165, 1.54) is 53.3 Å². The van der Waals surface area contributed by atoms with Gasteiger partial charge in [0.2, 0.25) is 5.91 Å². The number of hydrogen-bond donors (Lipinski definition) is 0. The van der Waals surface area contributed by atoms with Crippen LogP contribution in [0.1, 0.15) is 47.2 Å². The minimum Gasteiger partial charge on any atom is -0.462 e. The van der Waals surface area contributed by atoms with Crippen molar-refractivity contribution < 1.29 is 9.53 Å². The maximum Gasteiger partial charge on any atom is 0.318 e. The Balaban J connectivity index is 1.42. The number of fused-ring (bicyclic) bond motifs is 1. The molecule has 1 amide bonds. The Bertz CT molecular complexity index is 1250. The monoisotopic (exact) mass is 545 g/mol. The van der Waals surface area contributed by atoms with Gasteiger partial charge in [0.05, 0.1) is 12.2 Å². The van der Waals surface area contributed by atoms with Gasteiger partial charge in [0, 0.05) is 69.3 Å². The van der Waals surface area contributed by atoms with E-state index in [0.717, 1.165) is 57.2 Å². The van der Waals surface area contributed by atoms with Crippen molar-refractivity contribution in [3.63, 3.8) is 0 Å². The van der Waals surface area contributed by atoms with Crippen molar-refractivity contribution in [2.45, 2.75) is 46.1 Å². The van der Waals surface area contributed by atoms with Crippen molar-refractivity contribution in [3.8, 4) is 6.01 Å². The molecule has 3 aliphatic heterocycles. The lowest BCUT2D eigenvalue weighted by molar-refractivity contribution is -0.126. The number of carbonyl (C=O) groups excluding carboxylic acids is 1. The van der Waals surface area contributed by atoms with Crippen molar-refractivity contribution in [2.24, 2.45) is 4.99 Å². The highest BCUT2D eigenvalue weighted by Crippen LogP contribution is 2.34. The molecule has 5 rings (SSSR count). The van der Waals surface area contributed by atoms with Crippen LogP contribution in [0.15, 0.2) is 29.8 Å². The lowest BCUT2D eigenvalue weighted by Gasteiger charge is -2.38. The molecule has 1 aromatic carbocycles. The first kappa shape index (κ1) is 28.1. The van der Waals surface area contributed by atoms with Gasteiger partial charge in [-0.1, -0.05) is 25.1 Å². The summed E-state index contributed by atoms with van der Waals surface area (Å²) in [5.41, 5.74) is 7.06. The Morgan fingerprint density at radius 3 is 2.48 bits per heavy atom. The number of rotatable bonds is 8. The minimum absolute atomic E-state index is 0.0123. The fourth-order valence-electron chi connectivity index (χ4n) is 6.15. The van der Waals surface area contributed by atoms with E-state index >= 15 is 0 Å². The van der Waals surface area contributed by atoms with Gasteiger partial charge in [-0.05, 0) is 63.4 Å². The van der Waals surface area contributed by atoms with Crippen LogP contribution in [0.5, 0.6) is 6.01 Å².